The molecule has 0 amide bonds. The summed E-state index contributed by atoms with van der Waals surface area (Å²) in [5.74, 6) is 0.847. The molecule has 1 N–H and O–H groups in total. The molecule has 19 heavy (non-hydrogen) atoms. The van der Waals surface area contributed by atoms with E-state index in [1.165, 1.54) is 33.7 Å². The van der Waals surface area contributed by atoms with E-state index in [2.05, 4.69) is 65.5 Å². The summed E-state index contributed by atoms with van der Waals surface area (Å²) in [5, 5.41) is 3.47. The zero-order valence-electron chi connectivity index (χ0n) is 11.2. The van der Waals surface area contributed by atoms with E-state index >= 15 is 0 Å². The minimum atomic E-state index is 0.547. The van der Waals surface area contributed by atoms with Crippen molar-refractivity contribution >= 4 is 27.3 Å². The van der Waals surface area contributed by atoms with Gasteiger partial charge in [-0.05, 0) is 68.1 Å². The monoisotopic (exact) mass is 335 g/mol. The van der Waals surface area contributed by atoms with E-state index in [0.717, 1.165) is 10.4 Å². The van der Waals surface area contributed by atoms with Crippen LogP contribution in [0, 0.1) is 12.8 Å². The molecule has 1 nitrogen and oxygen atoms in total. The molecule has 3 rings (SSSR count). The lowest BCUT2D eigenvalue weighted by Crippen LogP contribution is -2.16. The van der Waals surface area contributed by atoms with Crippen LogP contribution in [0.4, 0.5) is 0 Å². The molecule has 2 aromatic rings. The molecule has 0 spiro atoms. The van der Waals surface area contributed by atoms with Gasteiger partial charge in [-0.1, -0.05) is 22.0 Å². The van der Waals surface area contributed by atoms with Crippen molar-refractivity contribution < 1.29 is 0 Å². The summed E-state index contributed by atoms with van der Waals surface area (Å²) in [6, 6.07) is 11.6. The molecule has 1 aromatic carbocycles. The van der Waals surface area contributed by atoms with Crippen molar-refractivity contribution in [1.82, 2.24) is 5.32 Å². The van der Waals surface area contributed by atoms with E-state index in [-0.39, 0.29) is 0 Å². The molecular weight excluding hydrogens is 318 g/mol. The lowest BCUT2D eigenvalue weighted by molar-refractivity contribution is 0.537. The van der Waals surface area contributed by atoms with Crippen LogP contribution in [0.3, 0.4) is 0 Å². The lowest BCUT2D eigenvalue weighted by Gasteiger charge is -2.12. The normalized spacial score (nSPS) is 16.6. The summed E-state index contributed by atoms with van der Waals surface area (Å²) in [6.45, 7) is 2.18. The summed E-state index contributed by atoms with van der Waals surface area (Å²) < 4.78 is 1.15. The SMILES string of the molecule is CNC(c1ccc(-c2cc(Br)ccc2C)s1)C1CC1. The second kappa shape index (κ2) is 5.39. The average Bonchev–Trinajstić information content (AvgIpc) is 3.11. The number of rotatable bonds is 4. The summed E-state index contributed by atoms with van der Waals surface area (Å²) in [4.78, 5) is 2.84. The fourth-order valence-electron chi connectivity index (χ4n) is 2.56. The van der Waals surface area contributed by atoms with Gasteiger partial charge in [0.2, 0.25) is 0 Å². The van der Waals surface area contributed by atoms with Crippen molar-refractivity contribution in [1.29, 1.82) is 0 Å². The van der Waals surface area contributed by atoms with Crippen LogP contribution < -0.4 is 5.32 Å². The number of benzene rings is 1. The Balaban J connectivity index is 1.94. The Hall–Kier alpha value is -0.640. The summed E-state index contributed by atoms with van der Waals surface area (Å²) in [5.41, 5.74) is 2.68. The smallest absolute Gasteiger partial charge is 0.0441 e. The number of aryl methyl sites for hydroxylation is 1. The first kappa shape index (κ1) is 13.3. The van der Waals surface area contributed by atoms with Gasteiger partial charge >= 0.3 is 0 Å². The molecule has 0 radical (unpaired) electrons. The van der Waals surface area contributed by atoms with Gasteiger partial charge in [0.1, 0.15) is 0 Å². The van der Waals surface area contributed by atoms with E-state index in [4.69, 9.17) is 0 Å². The summed E-state index contributed by atoms with van der Waals surface area (Å²) in [6.07, 6.45) is 2.74. The standard InChI is InChI=1S/C16H18BrNS/c1-10-3-6-12(17)9-13(10)14-7-8-15(19-14)16(18-2)11-4-5-11/h3,6-9,11,16,18H,4-5H2,1-2H3. The van der Waals surface area contributed by atoms with E-state index in [9.17, 15) is 0 Å². The average molecular weight is 336 g/mol. The third-order valence-electron chi connectivity index (χ3n) is 3.80. The summed E-state index contributed by atoms with van der Waals surface area (Å²) in [7, 11) is 2.08. The largest absolute Gasteiger partial charge is 0.312 e. The minimum Gasteiger partial charge on any atom is -0.312 e. The Bertz CT molecular complexity index is 586. The van der Waals surface area contributed by atoms with Crippen LogP contribution in [-0.2, 0) is 0 Å². The van der Waals surface area contributed by atoms with Crippen molar-refractivity contribution in [3.8, 4) is 10.4 Å². The van der Waals surface area contributed by atoms with Gasteiger partial charge in [-0.15, -0.1) is 11.3 Å². The summed E-state index contributed by atoms with van der Waals surface area (Å²) >= 11 is 5.50. The zero-order chi connectivity index (χ0) is 13.4. The molecule has 1 fully saturated rings. The maximum Gasteiger partial charge on any atom is 0.0441 e. The van der Waals surface area contributed by atoms with Gasteiger partial charge in [-0.25, -0.2) is 0 Å². The first-order valence-electron chi connectivity index (χ1n) is 6.72. The number of hydrogen-bond donors (Lipinski definition) is 1. The molecule has 1 atom stereocenters. The van der Waals surface area contributed by atoms with Crippen molar-refractivity contribution in [3.63, 3.8) is 0 Å². The Morgan fingerprint density at radius 2 is 2.05 bits per heavy atom. The fraction of sp³-hybridized carbons (Fsp3) is 0.375. The highest BCUT2D eigenvalue weighted by atomic mass is 79.9. The Morgan fingerprint density at radius 1 is 1.26 bits per heavy atom. The second-order valence-corrected chi connectivity index (χ2v) is 7.30. The van der Waals surface area contributed by atoms with Crippen molar-refractivity contribution in [2.75, 3.05) is 7.05 Å². The molecule has 1 heterocycles. The van der Waals surface area contributed by atoms with Crippen LogP contribution >= 0.6 is 27.3 Å². The lowest BCUT2D eigenvalue weighted by atomic mass is 10.1. The van der Waals surface area contributed by atoms with Crippen molar-refractivity contribution in [2.24, 2.45) is 5.92 Å². The van der Waals surface area contributed by atoms with Crippen LogP contribution in [0.2, 0.25) is 0 Å². The second-order valence-electron chi connectivity index (χ2n) is 5.27. The van der Waals surface area contributed by atoms with Gasteiger partial charge < -0.3 is 5.32 Å². The van der Waals surface area contributed by atoms with E-state index < -0.39 is 0 Å². The first-order chi connectivity index (χ1) is 9.19. The quantitative estimate of drug-likeness (QED) is 0.813. The van der Waals surface area contributed by atoms with Crippen LogP contribution in [0.1, 0.15) is 29.3 Å². The molecule has 3 heteroatoms. The Morgan fingerprint density at radius 3 is 2.74 bits per heavy atom. The van der Waals surface area contributed by atoms with Gasteiger partial charge in [0.15, 0.2) is 0 Å². The minimum absolute atomic E-state index is 0.547. The number of nitrogens with one attached hydrogen (secondary N) is 1. The maximum atomic E-state index is 3.57. The molecule has 1 aliphatic rings. The predicted octanol–water partition coefficient (Wildman–Crippen LogP) is 5.16. The highest BCUT2D eigenvalue weighted by Crippen LogP contribution is 2.44. The van der Waals surface area contributed by atoms with E-state index in [1.54, 1.807) is 0 Å². The van der Waals surface area contributed by atoms with E-state index in [0.29, 0.717) is 6.04 Å². The molecule has 0 bridgehead atoms. The van der Waals surface area contributed by atoms with E-state index in [1.807, 2.05) is 11.3 Å². The molecule has 0 saturated heterocycles. The molecular formula is C16H18BrNS. The van der Waals surface area contributed by atoms with Crippen LogP contribution in [0.25, 0.3) is 10.4 Å². The first-order valence-corrected chi connectivity index (χ1v) is 8.33. The molecule has 1 aliphatic carbocycles. The number of thiophene rings is 1. The third kappa shape index (κ3) is 2.78. The predicted molar refractivity (Wildman–Crippen MR) is 86.7 cm³/mol. The number of halogens is 1. The topological polar surface area (TPSA) is 12.0 Å². The Labute approximate surface area is 127 Å². The highest BCUT2D eigenvalue weighted by molar-refractivity contribution is 9.10. The highest BCUT2D eigenvalue weighted by Gasteiger charge is 2.32. The zero-order valence-corrected chi connectivity index (χ0v) is 13.6. The molecule has 1 unspecified atom stereocenters. The fourth-order valence-corrected chi connectivity index (χ4v) is 4.22. The van der Waals surface area contributed by atoms with Gasteiger partial charge in [-0.2, -0.15) is 0 Å². The van der Waals surface area contributed by atoms with Crippen molar-refractivity contribution in [2.45, 2.75) is 25.8 Å². The molecule has 1 aromatic heterocycles. The van der Waals surface area contributed by atoms with Crippen LogP contribution in [0.15, 0.2) is 34.8 Å². The van der Waals surface area contributed by atoms with Crippen LogP contribution in [0.5, 0.6) is 0 Å². The Kier molecular flexibility index (Phi) is 3.79. The van der Waals surface area contributed by atoms with Gasteiger partial charge in [0.05, 0.1) is 0 Å². The van der Waals surface area contributed by atoms with Crippen molar-refractivity contribution in [3.05, 3.63) is 45.2 Å². The third-order valence-corrected chi connectivity index (χ3v) is 5.50. The van der Waals surface area contributed by atoms with Gasteiger partial charge in [0, 0.05) is 20.3 Å². The number of hydrogen-bond acceptors (Lipinski definition) is 2. The van der Waals surface area contributed by atoms with Gasteiger partial charge in [0.25, 0.3) is 0 Å². The maximum absolute atomic E-state index is 3.57. The molecule has 1 saturated carbocycles. The molecule has 0 aliphatic heterocycles. The van der Waals surface area contributed by atoms with Gasteiger partial charge in [-0.3, -0.25) is 0 Å². The van der Waals surface area contributed by atoms with Crippen LogP contribution in [-0.4, -0.2) is 7.05 Å². The molecule has 100 valence electrons.